The summed E-state index contributed by atoms with van der Waals surface area (Å²) in [5.74, 6) is 1.40. The van der Waals surface area contributed by atoms with E-state index >= 15 is 0 Å². The lowest BCUT2D eigenvalue weighted by Crippen LogP contribution is -2.32. The van der Waals surface area contributed by atoms with Crippen LogP contribution in [0.3, 0.4) is 0 Å². The monoisotopic (exact) mass is 399 g/mol. The van der Waals surface area contributed by atoms with Crippen molar-refractivity contribution in [2.24, 2.45) is 0 Å². The van der Waals surface area contributed by atoms with E-state index in [0.717, 1.165) is 22.8 Å². The highest BCUT2D eigenvalue weighted by molar-refractivity contribution is 6.31. The van der Waals surface area contributed by atoms with Gasteiger partial charge in [-0.2, -0.15) is 0 Å². The van der Waals surface area contributed by atoms with Crippen molar-refractivity contribution in [1.82, 2.24) is 24.8 Å². The van der Waals surface area contributed by atoms with Crippen LogP contribution in [0.25, 0.3) is 5.82 Å². The van der Waals surface area contributed by atoms with Crippen LogP contribution in [0.1, 0.15) is 17.0 Å². The molecule has 2 heterocycles. The first kappa shape index (κ1) is 19.6. The molecule has 0 saturated heterocycles. The highest BCUT2D eigenvalue weighted by atomic mass is 35.5. The number of anilines is 2. The molecule has 0 radical (unpaired) electrons. The van der Waals surface area contributed by atoms with E-state index in [0.29, 0.717) is 29.6 Å². The third kappa shape index (κ3) is 4.77. The van der Waals surface area contributed by atoms with Crippen LogP contribution in [0.2, 0.25) is 5.02 Å². The van der Waals surface area contributed by atoms with Gasteiger partial charge in [-0.05, 0) is 38.5 Å². The molecule has 3 N–H and O–H groups in total. The van der Waals surface area contributed by atoms with Crippen LogP contribution < -0.4 is 16.0 Å². The highest BCUT2D eigenvalue weighted by Crippen LogP contribution is 2.19. The van der Waals surface area contributed by atoms with E-state index in [4.69, 9.17) is 11.6 Å². The number of hydrogen-bond acceptors (Lipinski definition) is 5. The fourth-order valence-electron chi connectivity index (χ4n) is 2.52. The van der Waals surface area contributed by atoms with Gasteiger partial charge in [-0.1, -0.05) is 17.7 Å². The summed E-state index contributed by atoms with van der Waals surface area (Å²) < 4.78 is 1.90. The number of hydrogen-bond donors (Lipinski definition) is 3. The SMILES string of the molecule is Cc1ccc(NC(=O)NCCNc2cc(-n3cnc(C)c3C)ncn2)cc1Cl. The predicted octanol–water partition coefficient (Wildman–Crippen LogP) is 3.47. The maximum absolute atomic E-state index is 12.0. The molecule has 0 aliphatic carbocycles. The molecule has 2 amide bonds. The average molecular weight is 400 g/mol. The van der Waals surface area contributed by atoms with Gasteiger partial charge >= 0.3 is 6.03 Å². The van der Waals surface area contributed by atoms with Crippen LogP contribution in [0.15, 0.2) is 36.9 Å². The van der Waals surface area contributed by atoms with Gasteiger partial charge in [0.25, 0.3) is 0 Å². The average Bonchev–Trinajstić information content (AvgIpc) is 3.01. The third-order valence-electron chi connectivity index (χ3n) is 4.30. The number of imidazole rings is 1. The zero-order valence-corrected chi connectivity index (χ0v) is 16.7. The molecule has 9 heteroatoms. The van der Waals surface area contributed by atoms with Gasteiger partial charge in [0.05, 0.1) is 5.69 Å². The topological polar surface area (TPSA) is 96.8 Å². The minimum Gasteiger partial charge on any atom is -0.368 e. The van der Waals surface area contributed by atoms with Crippen molar-refractivity contribution in [3.8, 4) is 5.82 Å². The summed E-state index contributed by atoms with van der Waals surface area (Å²) in [4.78, 5) is 24.7. The number of carbonyl (C=O) groups is 1. The van der Waals surface area contributed by atoms with E-state index in [-0.39, 0.29) is 6.03 Å². The molecule has 0 atom stereocenters. The van der Waals surface area contributed by atoms with Crippen molar-refractivity contribution < 1.29 is 4.79 Å². The molecule has 3 rings (SSSR count). The Labute approximate surface area is 168 Å². The first-order valence-corrected chi connectivity index (χ1v) is 9.19. The van der Waals surface area contributed by atoms with Crippen LogP contribution in [-0.2, 0) is 0 Å². The molecule has 2 aromatic heterocycles. The first-order valence-electron chi connectivity index (χ1n) is 8.82. The second kappa shape index (κ2) is 8.71. The Hall–Kier alpha value is -3.13. The van der Waals surface area contributed by atoms with Crippen molar-refractivity contribution in [3.05, 3.63) is 58.9 Å². The van der Waals surface area contributed by atoms with E-state index in [1.54, 1.807) is 18.5 Å². The van der Waals surface area contributed by atoms with Gasteiger partial charge in [-0.15, -0.1) is 0 Å². The van der Waals surface area contributed by atoms with Crippen LogP contribution >= 0.6 is 11.6 Å². The number of carbonyl (C=O) groups excluding carboxylic acids is 1. The summed E-state index contributed by atoms with van der Waals surface area (Å²) in [6, 6.07) is 6.92. The summed E-state index contributed by atoms with van der Waals surface area (Å²) in [6.45, 7) is 6.79. The van der Waals surface area contributed by atoms with Crippen molar-refractivity contribution >= 4 is 29.1 Å². The largest absolute Gasteiger partial charge is 0.368 e. The molecule has 0 unspecified atom stereocenters. The van der Waals surface area contributed by atoms with E-state index < -0.39 is 0 Å². The van der Waals surface area contributed by atoms with Gasteiger partial charge in [0.2, 0.25) is 0 Å². The summed E-state index contributed by atoms with van der Waals surface area (Å²) in [6.07, 6.45) is 3.23. The number of nitrogens with zero attached hydrogens (tertiary/aromatic N) is 4. The lowest BCUT2D eigenvalue weighted by molar-refractivity contribution is 0.252. The zero-order valence-electron chi connectivity index (χ0n) is 16.0. The van der Waals surface area contributed by atoms with Crippen LogP contribution in [0.4, 0.5) is 16.3 Å². The van der Waals surface area contributed by atoms with Crippen LogP contribution in [0.5, 0.6) is 0 Å². The number of urea groups is 1. The van der Waals surface area contributed by atoms with E-state index in [1.807, 2.05) is 37.5 Å². The molecular weight excluding hydrogens is 378 g/mol. The van der Waals surface area contributed by atoms with Crippen LogP contribution in [0, 0.1) is 20.8 Å². The maximum Gasteiger partial charge on any atom is 0.319 e. The Morgan fingerprint density at radius 2 is 1.93 bits per heavy atom. The first-order chi connectivity index (χ1) is 13.4. The summed E-state index contributed by atoms with van der Waals surface area (Å²) in [7, 11) is 0. The predicted molar refractivity (Wildman–Crippen MR) is 110 cm³/mol. The van der Waals surface area contributed by atoms with E-state index in [9.17, 15) is 4.79 Å². The van der Waals surface area contributed by atoms with Crippen molar-refractivity contribution in [2.45, 2.75) is 20.8 Å². The second-order valence-corrected chi connectivity index (χ2v) is 6.73. The van der Waals surface area contributed by atoms with E-state index in [1.165, 1.54) is 6.33 Å². The molecular formula is C19H22ClN7O. The third-order valence-corrected chi connectivity index (χ3v) is 4.70. The molecule has 28 heavy (non-hydrogen) atoms. The van der Waals surface area contributed by atoms with Crippen molar-refractivity contribution in [3.63, 3.8) is 0 Å². The Bertz CT molecular complexity index is 986. The summed E-state index contributed by atoms with van der Waals surface area (Å²) in [5, 5.41) is 9.31. The highest BCUT2D eigenvalue weighted by Gasteiger charge is 2.07. The molecule has 1 aromatic carbocycles. The Morgan fingerprint density at radius 1 is 1.11 bits per heavy atom. The number of halogens is 1. The Balaban J connectivity index is 1.48. The number of aromatic nitrogens is 4. The van der Waals surface area contributed by atoms with Gasteiger partial charge in [0, 0.05) is 35.6 Å². The molecule has 8 nitrogen and oxygen atoms in total. The fourth-order valence-corrected chi connectivity index (χ4v) is 2.70. The van der Waals surface area contributed by atoms with Gasteiger partial charge in [0.1, 0.15) is 24.3 Å². The quantitative estimate of drug-likeness (QED) is 0.551. The standard InChI is InChI=1S/C19H22ClN7O/c1-12-4-5-15(8-16(12)20)26-19(28)22-7-6-21-17-9-18(24-10-23-17)27-11-25-13(2)14(27)3/h4-5,8-11H,6-7H2,1-3H3,(H,21,23,24)(H2,22,26,28). The number of amides is 2. The number of rotatable bonds is 6. The Morgan fingerprint density at radius 3 is 2.64 bits per heavy atom. The molecule has 0 fully saturated rings. The van der Waals surface area contributed by atoms with Gasteiger partial charge in [-0.3, -0.25) is 4.57 Å². The van der Waals surface area contributed by atoms with Gasteiger partial charge < -0.3 is 16.0 Å². The number of nitrogens with one attached hydrogen (secondary N) is 3. The summed E-state index contributed by atoms with van der Waals surface area (Å²) in [5.41, 5.74) is 3.59. The second-order valence-electron chi connectivity index (χ2n) is 6.32. The molecule has 0 spiro atoms. The fraction of sp³-hybridized carbons (Fsp3) is 0.263. The van der Waals surface area contributed by atoms with E-state index in [2.05, 4.69) is 30.9 Å². The lowest BCUT2D eigenvalue weighted by Gasteiger charge is -2.10. The molecule has 0 aliphatic heterocycles. The molecule has 3 aromatic rings. The zero-order chi connectivity index (χ0) is 20.1. The molecule has 0 bridgehead atoms. The van der Waals surface area contributed by atoms with Crippen molar-refractivity contribution in [2.75, 3.05) is 23.7 Å². The Kier molecular flexibility index (Phi) is 6.10. The van der Waals surface area contributed by atoms with Gasteiger partial charge in [0.15, 0.2) is 0 Å². The lowest BCUT2D eigenvalue weighted by atomic mass is 10.2. The summed E-state index contributed by atoms with van der Waals surface area (Å²) >= 11 is 6.06. The molecule has 0 aliphatic rings. The minimum absolute atomic E-state index is 0.297. The van der Waals surface area contributed by atoms with Gasteiger partial charge in [-0.25, -0.2) is 19.7 Å². The van der Waals surface area contributed by atoms with Crippen molar-refractivity contribution in [1.29, 1.82) is 0 Å². The maximum atomic E-state index is 12.0. The van der Waals surface area contributed by atoms with Crippen LogP contribution in [-0.4, -0.2) is 38.6 Å². The normalized spacial score (nSPS) is 10.6. The molecule has 0 saturated carbocycles. The number of benzene rings is 1. The number of aryl methyl sites for hydroxylation is 2. The molecule has 146 valence electrons. The smallest absolute Gasteiger partial charge is 0.319 e. The minimum atomic E-state index is -0.297.